The van der Waals surface area contributed by atoms with Crippen LogP contribution in [0.2, 0.25) is 0 Å². The highest BCUT2D eigenvalue weighted by Gasteiger charge is 2.44. The molecule has 0 radical (unpaired) electrons. The van der Waals surface area contributed by atoms with E-state index in [1.54, 1.807) is 12.1 Å². The molecule has 2 aliphatic heterocycles. The molecule has 2 amide bonds. The number of hydrogen-bond donors (Lipinski definition) is 0. The van der Waals surface area contributed by atoms with Crippen molar-refractivity contribution < 1.29 is 18.7 Å². The fourth-order valence-electron chi connectivity index (χ4n) is 3.73. The maximum absolute atomic E-state index is 13.3. The number of nitrogens with zero attached hydrogens (tertiary/aromatic N) is 2. The third kappa shape index (κ3) is 4.00. The molecule has 0 aliphatic carbocycles. The highest BCUT2D eigenvalue weighted by Crippen LogP contribution is 2.34. The van der Waals surface area contributed by atoms with Crippen molar-refractivity contribution in [1.29, 1.82) is 0 Å². The highest BCUT2D eigenvalue weighted by atomic mass is 19.1. The maximum atomic E-state index is 13.3. The van der Waals surface area contributed by atoms with Gasteiger partial charge in [0.15, 0.2) is 0 Å². The number of rotatable bonds is 3. The highest BCUT2D eigenvalue weighted by molar-refractivity contribution is 5.79. The molecule has 5 nitrogen and oxygen atoms in total. The van der Waals surface area contributed by atoms with Crippen molar-refractivity contribution >= 4 is 11.8 Å². The van der Waals surface area contributed by atoms with Crippen LogP contribution in [0.4, 0.5) is 4.39 Å². The van der Waals surface area contributed by atoms with Crippen LogP contribution >= 0.6 is 0 Å². The molecule has 1 spiro atoms. The quantitative estimate of drug-likeness (QED) is 0.838. The van der Waals surface area contributed by atoms with Gasteiger partial charge in [-0.15, -0.1) is 0 Å². The molecule has 136 valence electrons. The third-order valence-corrected chi connectivity index (χ3v) is 5.12. The van der Waals surface area contributed by atoms with Gasteiger partial charge in [-0.05, 0) is 38.0 Å². The number of carbonyl (C=O) groups is 2. The van der Waals surface area contributed by atoms with E-state index < -0.39 is 0 Å². The van der Waals surface area contributed by atoms with E-state index in [9.17, 15) is 14.0 Å². The van der Waals surface area contributed by atoms with E-state index in [4.69, 9.17) is 4.74 Å². The average Bonchev–Trinajstić information content (AvgIpc) is 2.89. The Hall–Kier alpha value is -1.95. The van der Waals surface area contributed by atoms with Gasteiger partial charge in [0.25, 0.3) is 0 Å². The van der Waals surface area contributed by atoms with Gasteiger partial charge in [-0.1, -0.05) is 12.1 Å². The van der Waals surface area contributed by atoms with Crippen LogP contribution in [0.1, 0.15) is 25.8 Å². The topological polar surface area (TPSA) is 49.9 Å². The molecule has 2 saturated heterocycles. The molecule has 6 heteroatoms. The summed E-state index contributed by atoms with van der Waals surface area (Å²) < 4.78 is 18.9. The fraction of sp³-hybridized carbons (Fsp3) is 0.579. The number of benzene rings is 1. The summed E-state index contributed by atoms with van der Waals surface area (Å²) >= 11 is 0. The van der Waals surface area contributed by atoms with Gasteiger partial charge < -0.3 is 14.5 Å². The summed E-state index contributed by atoms with van der Waals surface area (Å²) in [6, 6.07) is 6.27. The zero-order chi connectivity index (χ0) is 18.0. The Bertz CT molecular complexity index is 664. The first-order chi connectivity index (χ1) is 11.9. The zero-order valence-electron chi connectivity index (χ0n) is 14.8. The van der Waals surface area contributed by atoms with Crippen LogP contribution in [0, 0.1) is 11.2 Å². The van der Waals surface area contributed by atoms with Crippen molar-refractivity contribution in [2.45, 2.75) is 32.7 Å². The molecule has 25 heavy (non-hydrogen) atoms. The fourth-order valence-corrected chi connectivity index (χ4v) is 3.73. The minimum Gasteiger partial charge on any atom is -0.371 e. The maximum Gasteiger partial charge on any atom is 0.248 e. The van der Waals surface area contributed by atoms with Gasteiger partial charge >= 0.3 is 0 Å². The summed E-state index contributed by atoms with van der Waals surface area (Å²) in [5.41, 5.74) is 0.482. The molecular weight excluding hydrogens is 323 g/mol. The van der Waals surface area contributed by atoms with E-state index >= 15 is 0 Å². The molecule has 1 aromatic rings. The Morgan fingerprint density at radius 1 is 1.36 bits per heavy atom. The molecule has 1 unspecified atom stereocenters. The van der Waals surface area contributed by atoms with Crippen molar-refractivity contribution in [1.82, 2.24) is 9.80 Å². The standard InChI is InChI=1S/C19H25FN2O3/c1-14(2)22-12-19(13-25-10-18(22)24)6-7-21(11-19)17(23)9-15-4-3-5-16(20)8-15/h3-5,8,14H,6-7,9-13H2,1-2H3. The van der Waals surface area contributed by atoms with Crippen molar-refractivity contribution in [3.63, 3.8) is 0 Å². The third-order valence-electron chi connectivity index (χ3n) is 5.12. The first kappa shape index (κ1) is 17.9. The predicted molar refractivity (Wildman–Crippen MR) is 91.4 cm³/mol. The number of likely N-dealkylation sites (tertiary alicyclic amines) is 1. The van der Waals surface area contributed by atoms with Crippen LogP contribution in [-0.4, -0.2) is 60.5 Å². The molecule has 1 aromatic carbocycles. The van der Waals surface area contributed by atoms with Gasteiger partial charge in [0.1, 0.15) is 12.4 Å². The number of hydrogen-bond acceptors (Lipinski definition) is 3. The molecule has 3 rings (SSSR count). The first-order valence-electron chi connectivity index (χ1n) is 8.78. The van der Waals surface area contributed by atoms with Crippen LogP contribution < -0.4 is 0 Å². The van der Waals surface area contributed by atoms with Gasteiger partial charge in [-0.2, -0.15) is 0 Å². The normalized spacial score (nSPS) is 24.2. The summed E-state index contributed by atoms with van der Waals surface area (Å²) in [4.78, 5) is 28.4. The number of amides is 2. The monoisotopic (exact) mass is 348 g/mol. The van der Waals surface area contributed by atoms with E-state index in [1.165, 1.54) is 12.1 Å². The second-order valence-corrected chi connectivity index (χ2v) is 7.48. The second-order valence-electron chi connectivity index (χ2n) is 7.48. The van der Waals surface area contributed by atoms with Crippen molar-refractivity contribution in [3.05, 3.63) is 35.6 Å². The Morgan fingerprint density at radius 3 is 2.88 bits per heavy atom. The minimum absolute atomic E-state index is 0.00542. The number of carbonyl (C=O) groups excluding carboxylic acids is 2. The Morgan fingerprint density at radius 2 is 2.16 bits per heavy atom. The summed E-state index contributed by atoms with van der Waals surface area (Å²) in [6.45, 7) is 6.45. The van der Waals surface area contributed by atoms with Crippen LogP contribution in [0.3, 0.4) is 0 Å². The lowest BCUT2D eigenvalue weighted by molar-refractivity contribution is -0.135. The molecule has 0 N–H and O–H groups in total. The largest absolute Gasteiger partial charge is 0.371 e. The Balaban J connectivity index is 1.67. The van der Waals surface area contributed by atoms with Crippen LogP contribution in [0.15, 0.2) is 24.3 Å². The Labute approximate surface area is 147 Å². The lowest BCUT2D eigenvalue weighted by Crippen LogP contribution is -2.46. The van der Waals surface area contributed by atoms with Crippen molar-refractivity contribution in [2.24, 2.45) is 5.41 Å². The van der Waals surface area contributed by atoms with Gasteiger partial charge in [0.2, 0.25) is 11.8 Å². The SMILES string of the molecule is CC(C)N1CC2(CCN(C(=O)Cc3cccc(F)c3)C2)COCC1=O. The number of ether oxygens (including phenoxy) is 1. The van der Waals surface area contributed by atoms with Gasteiger partial charge in [-0.3, -0.25) is 9.59 Å². The van der Waals surface area contributed by atoms with E-state index in [-0.39, 0.29) is 42.1 Å². The van der Waals surface area contributed by atoms with Crippen LogP contribution in [0.25, 0.3) is 0 Å². The second kappa shape index (κ2) is 7.12. The molecule has 0 saturated carbocycles. The zero-order valence-corrected chi connectivity index (χ0v) is 14.8. The summed E-state index contributed by atoms with van der Waals surface area (Å²) in [5.74, 6) is -0.322. The molecule has 0 aromatic heterocycles. The van der Waals surface area contributed by atoms with E-state index in [1.807, 2.05) is 23.6 Å². The lowest BCUT2D eigenvalue weighted by atomic mass is 9.87. The van der Waals surface area contributed by atoms with Crippen LogP contribution in [-0.2, 0) is 20.7 Å². The van der Waals surface area contributed by atoms with Gasteiger partial charge in [0, 0.05) is 31.1 Å². The molecule has 2 heterocycles. The van der Waals surface area contributed by atoms with Crippen LogP contribution in [0.5, 0.6) is 0 Å². The van der Waals surface area contributed by atoms with Gasteiger partial charge in [0.05, 0.1) is 13.0 Å². The molecule has 2 fully saturated rings. The van der Waals surface area contributed by atoms with Gasteiger partial charge in [-0.25, -0.2) is 4.39 Å². The van der Waals surface area contributed by atoms with Crippen molar-refractivity contribution in [3.8, 4) is 0 Å². The number of halogens is 1. The van der Waals surface area contributed by atoms with E-state index in [2.05, 4.69) is 0 Å². The summed E-state index contributed by atoms with van der Waals surface area (Å²) in [7, 11) is 0. The summed E-state index contributed by atoms with van der Waals surface area (Å²) in [5, 5.41) is 0. The van der Waals surface area contributed by atoms with Crippen molar-refractivity contribution in [2.75, 3.05) is 32.8 Å². The summed E-state index contributed by atoms with van der Waals surface area (Å²) in [6.07, 6.45) is 1.01. The smallest absolute Gasteiger partial charge is 0.248 e. The predicted octanol–water partition coefficient (Wildman–Crippen LogP) is 1.85. The Kier molecular flexibility index (Phi) is 5.08. The molecule has 0 bridgehead atoms. The minimum atomic E-state index is -0.327. The lowest BCUT2D eigenvalue weighted by Gasteiger charge is -2.34. The molecule has 2 aliphatic rings. The van der Waals surface area contributed by atoms with E-state index in [0.717, 1.165) is 6.42 Å². The first-order valence-corrected chi connectivity index (χ1v) is 8.78. The average molecular weight is 348 g/mol. The van der Waals surface area contributed by atoms with E-state index in [0.29, 0.717) is 31.8 Å². The molecular formula is C19H25FN2O3. The molecule has 1 atom stereocenters.